The lowest BCUT2D eigenvalue weighted by Crippen LogP contribution is -2.06. The first-order chi connectivity index (χ1) is 7.31. The monoisotopic (exact) mass is 226 g/mol. The Kier molecular flexibility index (Phi) is 2.94. The SMILES string of the molecule is Fc1ccc(CNCl)c(-n2ccnn2)c1. The van der Waals surface area contributed by atoms with Crippen molar-refractivity contribution in [2.45, 2.75) is 6.54 Å². The van der Waals surface area contributed by atoms with Gasteiger partial charge in [0.05, 0.1) is 18.1 Å². The highest BCUT2D eigenvalue weighted by atomic mass is 35.5. The Labute approximate surface area is 90.8 Å². The Morgan fingerprint density at radius 2 is 2.33 bits per heavy atom. The van der Waals surface area contributed by atoms with Crippen LogP contribution in [0.2, 0.25) is 0 Å². The molecule has 0 saturated heterocycles. The van der Waals surface area contributed by atoms with Gasteiger partial charge in [-0.3, -0.25) is 0 Å². The molecular weight excluding hydrogens is 219 g/mol. The number of nitrogens with zero attached hydrogens (tertiary/aromatic N) is 3. The van der Waals surface area contributed by atoms with Gasteiger partial charge in [0, 0.05) is 6.54 Å². The Morgan fingerprint density at radius 3 is 3.00 bits per heavy atom. The van der Waals surface area contributed by atoms with E-state index in [2.05, 4.69) is 15.1 Å². The van der Waals surface area contributed by atoms with E-state index in [0.29, 0.717) is 12.2 Å². The van der Waals surface area contributed by atoms with E-state index < -0.39 is 0 Å². The molecule has 0 unspecified atom stereocenters. The molecule has 1 aromatic carbocycles. The molecule has 0 atom stereocenters. The van der Waals surface area contributed by atoms with Crippen molar-refractivity contribution in [3.05, 3.63) is 42.0 Å². The molecule has 1 N–H and O–H groups in total. The van der Waals surface area contributed by atoms with E-state index in [4.69, 9.17) is 11.8 Å². The van der Waals surface area contributed by atoms with Crippen LogP contribution in [-0.2, 0) is 6.54 Å². The molecule has 15 heavy (non-hydrogen) atoms. The van der Waals surface area contributed by atoms with Crippen LogP contribution in [0.1, 0.15) is 5.56 Å². The summed E-state index contributed by atoms with van der Waals surface area (Å²) >= 11 is 5.42. The van der Waals surface area contributed by atoms with Crippen LogP contribution in [0.25, 0.3) is 5.69 Å². The summed E-state index contributed by atoms with van der Waals surface area (Å²) in [4.78, 5) is 2.49. The molecule has 0 radical (unpaired) electrons. The minimum absolute atomic E-state index is 0.321. The second kappa shape index (κ2) is 4.37. The summed E-state index contributed by atoms with van der Waals surface area (Å²) in [5, 5.41) is 7.47. The van der Waals surface area contributed by atoms with Crippen molar-refractivity contribution in [3.8, 4) is 5.69 Å². The number of hydrogen-bond donors (Lipinski definition) is 1. The maximum Gasteiger partial charge on any atom is 0.125 e. The van der Waals surface area contributed by atoms with E-state index in [0.717, 1.165) is 5.56 Å². The number of hydrogen-bond acceptors (Lipinski definition) is 3. The topological polar surface area (TPSA) is 42.7 Å². The van der Waals surface area contributed by atoms with Gasteiger partial charge in [-0.25, -0.2) is 13.9 Å². The number of benzene rings is 1. The molecule has 2 aromatic rings. The molecule has 0 saturated carbocycles. The highest BCUT2D eigenvalue weighted by Gasteiger charge is 2.06. The first kappa shape index (κ1) is 10.1. The minimum Gasteiger partial charge on any atom is -0.229 e. The van der Waals surface area contributed by atoms with Crippen LogP contribution >= 0.6 is 11.8 Å². The largest absolute Gasteiger partial charge is 0.229 e. The average Bonchev–Trinajstić information content (AvgIpc) is 2.74. The standard InChI is InChI=1S/C9H8ClFN4/c10-12-6-7-1-2-8(11)5-9(7)15-4-3-13-14-15/h1-5,12H,6H2. The average molecular weight is 227 g/mol. The molecule has 4 nitrogen and oxygen atoms in total. The fraction of sp³-hybridized carbons (Fsp3) is 0.111. The van der Waals surface area contributed by atoms with Crippen LogP contribution in [0.4, 0.5) is 4.39 Å². The third-order valence-corrected chi connectivity index (χ3v) is 2.11. The molecule has 0 aliphatic rings. The molecule has 0 spiro atoms. The van der Waals surface area contributed by atoms with Crippen LogP contribution in [0, 0.1) is 5.82 Å². The van der Waals surface area contributed by atoms with Crippen molar-refractivity contribution in [3.63, 3.8) is 0 Å². The molecule has 0 fully saturated rings. The lowest BCUT2D eigenvalue weighted by molar-refractivity contribution is 0.623. The molecule has 0 aliphatic heterocycles. The number of rotatable bonds is 3. The summed E-state index contributed by atoms with van der Waals surface area (Å²) in [6.45, 7) is 0.428. The van der Waals surface area contributed by atoms with Crippen molar-refractivity contribution in [1.29, 1.82) is 0 Å². The van der Waals surface area contributed by atoms with E-state index in [1.54, 1.807) is 12.3 Å². The lowest BCUT2D eigenvalue weighted by atomic mass is 10.2. The van der Waals surface area contributed by atoms with Crippen molar-refractivity contribution >= 4 is 11.8 Å². The van der Waals surface area contributed by atoms with Gasteiger partial charge in [0.1, 0.15) is 5.82 Å². The van der Waals surface area contributed by atoms with Gasteiger partial charge in [-0.15, -0.1) is 5.10 Å². The molecule has 78 valence electrons. The van der Waals surface area contributed by atoms with Gasteiger partial charge in [0.15, 0.2) is 0 Å². The number of halogens is 2. The third-order valence-electron chi connectivity index (χ3n) is 1.97. The predicted octanol–water partition coefficient (Wildman–Crippen LogP) is 1.65. The Balaban J connectivity index is 2.47. The molecule has 1 heterocycles. The fourth-order valence-corrected chi connectivity index (χ4v) is 1.45. The smallest absolute Gasteiger partial charge is 0.125 e. The fourth-order valence-electron chi connectivity index (χ4n) is 1.31. The Bertz CT molecular complexity index is 443. The highest BCUT2D eigenvalue weighted by molar-refractivity contribution is 6.13. The first-order valence-electron chi connectivity index (χ1n) is 4.30. The third kappa shape index (κ3) is 2.14. The van der Waals surface area contributed by atoms with Crippen LogP contribution in [0.15, 0.2) is 30.6 Å². The quantitative estimate of drug-likeness (QED) is 0.810. The van der Waals surface area contributed by atoms with Crippen LogP contribution < -0.4 is 4.84 Å². The maximum atomic E-state index is 13.1. The summed E-state index contributed by atoms with van der Waals surface area (Å²) in [7, 11) is 0. The van der Waals surface area contributed by atoms with Gasteiger partial charge in [-0.1, -0.05) is 11.3 Å². The van der Waals surface area contributed by atoms with E-state index in [9.17, 15) is 4.39 Å². The molecule has 2 rings (SSSR count). The predicted molar refractivity (Wildman–Crippen MR) is 54.0 cm³/mol. The second-order valence-corrected chi connectivity index (χ2v) is 3.20. The summed E-state index contributed by atoms with van der Waals surface area (Å²) in [5.41, 5.74) is 1.47. The maximum absolute atomic E-state index is 13.1. The number of nitrogens with one attached hydrogen (secondary N) is 1. The van der Waals surface area contributed by atoms with Gasteiger partial charge < -0.3 is 0 Å². The summed E-state index contributed by atoms with van der Waals surface area (Å²) < 4.78 is 14.6. The van der Waals surface area contributed by atoms with E-state index in [1.807, 2.05) is 0 Å². The summed E-state index contributed by atoms with van der Waals surface area (Å²) in [5.74, 6) is -0.321. The molecule has 1 aromatic heterocycles. The molecule has 6 heteroatoms. The zero-order valence-corrected chi connectivity index (χ0v) is 8.45. The number of aromatic nitrogens is 3. The van der Waals surface area contributed by atoms with Crippen molar-refractivity contribution < 1.29 is 4.39 Å². The Hall–Kier alpha value is -1.46. The zero-order valence-electron chi connectivity index (χ0n) is 7.69. The summed E-state index contributed by atoms with van der Waals surface area (Å²) in [6, 6.07) is 4.42. The molecule has 0 amide bonds. The molecular formula is C9H8ClFN4. The molecule has 0 aliphatic carbocycles. The Morgan fingerprint density at radius 1 is 1.47 bits per heavy atom. The van der Waals surface area contributed by atoms with E-state index in [1.165, 1.54) is 23.0 Å². The van der Waals surface area contributed by atoms with Crippen molar-refractivity contribution in [2.24, 2.45) is 0 Å². The first-order valence-corrected chi connectivity index (χ1v) is 4.67. The van der Waals surface area contributed by atoms with E-state index in [-0.39, 0.29) is 5.82 Å². The normalized spacial score (nSPS) is 10.5. The highest BCUT2D eigenvalue weighted by Crippen LogP contribution is 2.15. The van der Waals surface area contributed by atoms with Gasteiger partial charge in [-0.05, 0) is 29.5 Å². The molecule has 0 bridgehead atoms. The summed E-state index contributed by atoms with van der Waals surface area (Å²) in [6.07, 6.45) is 3.18. The second-order valence-electron chi connectivity index (χ2n) is 2.93. The minimum atomic E-state index is -0.321. The van der Waals surface area contributed by atoms with Crippen molar-refractivity contribution in [1.82, 2.24) is 19.8 Å². The lowest BCUT2D eigenvalue weighted by Gasteiger charge is -2.07. The van der Waals surface area contributed by atoms with Gasteiger partial charge in [0.2, 0.25) is 0 Å². The van der Waals surface area contributed by atoms with Gasteiger partial charge in [0.25, 0.3) is 0 Å². The zero-order chi connectivity index (χ0) is 10.7. The van der Waals surface area contributed by atoms with Crippen molar-refractivity contribution in [2.75, 3.05) is 0 Å². The van der Waals surface area contributed by atoms with Gasteiger partial charge in [-0.2, -0.15) is 0 Å². The van der Waals surface area contributed by atoms with Crippen LogP contribution in [-0.4, -0.2) is 15.0 Å². The van der Waals surface area contributed by atoms with Crippen LogP contribution in [0.5, 0.6) is 0 Å². The van der Waals surface area contributed by atoms with Crippen LogP contribution in [0.3, 0.4) is 0 Å². The van der Waals surface area contributed by atoms with Gasteiger partial charge >= 0.3 is 0 Å². The van der Waals surface area contributed by atoms with E-state index >= 15 is 0 Å².